The van der Waals surface area contributed by atoms with Gasteiger partial charge in [0.2, 0.25) is 0 Å². The van der Waals surface area contributed by atoms with Gasteiger partial charge in [0.1, 0.15) is 0 Å². The van der Waals surface area contributed by atoms with Crippen molar-refractivity contribution >= 4 is 32.7 Å². The topological polar surface area (TPSA) is 28.5 Å². The number of amides is 1. The van der Waals surface area contributed by atoms with Gasteiger partial charge in [0.25, 0.3) is 5.91 Å². The number of carbonyl (C=O) groups is 1. The monoisotopic (exact) mass is 431 g/mol. The van der Waals surface area contributed by atoms with Crippen LogP contribution in [0.15, 0.2) is 28.9 Å². The molecule has 1 aliphatic rings. The summed E-state index contributed by atoms with van der Waals surface area (Å²) in [5.41, 5.74) is 1.57. The van der Waals surface area contributed by atoms with E-state index in [1.807, 2.05) is 42.8 Å². The zero-order valence-corrected chi connectivity index (χ0v) is 16.3. The van der Waals surface area contributed by atoms with E-state index < -0.39 is 12.7 Å². The molecule has 1 aromatic heterocycles. The van der Waals surface area contributed by atoms with Gasteiger partial charge in [-0.1, -0.05) is 22.0 Å². The SMILES string of the molecule is CC(C)n1cc(C(=O)N2CCN(CC(F)(F)F)CC2)c2ccc(Br)cc21. The number of alkyl halides is 3. The van der Waals surface area contributed by atoms with Crippen LogP contribution >= 0.6 is 15.9 Å². The maximum absolute atomic E-state index is 13.0. The molecule has 0 bridgehead atoms. The summed E-state index contributed by atoms with van der Waals surface area (Å²) in [6.07, 6.45) is -2.35. The Morgan fingerprint density at radius 1 is 1.19 bits per heavy atom. The van der Waals surface area contributed by atoms with Crippen molar-refractivity contribution in [3.05, 3.63) is 34.4 Å². The summed E-state index contributed by atoms with van der Waals surface area (Å²) in [5, 5.41) is 0.865. The zero-order chi connectivity index (χ0) is 19.1. The van der Waals surface area contributed by atoms with E-state index >= 15 is 0 Å². The molecule has 0 spiro atoms. The van der Waals surface area contributed by atoms with Crippen LogP contribution in [0.25, 0.3) is 10.9 Å². The second-order valence-electron chi connectivity index (χ2n) is 6.89. The highest BCUT2D eigenvalue weighted by Gasteiger charge is 2.33. The summed E-state index contributed by atoms with van der Waals surface area (Å²) in [4.78, 5) is 16.0. The fourth-order valence-corrected chi connectivity index (χ4v) is 3.70. The quantitative estimate of drug-likeness (QED) is 0.724. The van der Waals surface area contributed by atoms with Crippen molar-refractivity contribution in [3.8, 4) is 0 Å². The van der Waals surface area contributed by atoms with Crippen molar-refractivity contribution < 1.29 is 18.0 Å². The number of halogens is 4. The van der Waals surface area contributed by atoms with E-state index in [-0.39, 0.29) is 25.0 Å². The van der Waals surface area contributed by atoms with E-state index in [0.29, 0.717) is 18.7 Å². The van der Waals surface area contributed by atoms with Gasteiger partial charge >= 0.3 is 6.18 Å². The van der Waals surface area contributed by atoms with Gasteiger partial charge in [-0.05, 0) is 26.0 Å². The second kappa shape index (κ2) is 7.23. The highest BCUT2D eigenvalue weighted by Crippen LogP contribution is 2.29. The highest BCUT2D eigenvalue weighted by atomic mass is 79.9. The molecule has 0 unspecified atom stereocenters. The summed E-state index contributed by atoms with van der Waals surface area (Å²) in [7, 11) is 0. The molecular formula is C18H21BrF3N3O. The first-order chi connectivity index (χ1) is 12.2. The van der Waals surface area contributed by atoms with Crippen molar-refractivity contribution in [1.29, 1.82) is 0 Å². The van der Waals surface area contributed by atoms with Crippen molar-refractivity contribution in [2.45, 2.75) is 26.1 Å². The fraction of sp³-hybridized carbons (Fsp3) is 0.500. The number of nitrogens with zero attached hydrogens (tertiary/aromatic N) is 3. The average Bonchev–Trinajstić information content (AvgIpc) is 2.92. The molecule has 0 radical (unpaired) electrons. The van der Waals surface area contributed by atoms with E-state index in [9.17, 15) is 18.0 Å². The average molecular weight is 432 g/mol. The Bertz CT molecular complexity index is 808. The summed E-state index contributed by atoms with van der Waals surface area (Å²) >= 11 is 3.46. The second-order valence-corrected chi connectivity index (χ2v) is 7.80. The van der Waals surface area contributed by atoms with E-state index in [1.165, 1.54) is 4.90 Å². The van der Waals surface area contributed by atoms with Gasteiger partial charge in [-0.3, -0.25) is 9.69 Å². The maximum atomic E-state index is 13.0. The molecular weight excluding hydrogens is 411 g/mol. The van der Waals surface area contributed by atoms with E-state index in [0.717, 1.165) is 15.4 Å². The number of benzene rings is 1. The number of fused-ring (bicyclic) bond motifs is 1. The van der Waals surface area contributed by atoms with Gasteiger partial charge in [0.05, 0.1) is 17.6 Å². The van der Waals surface area contributed by atoms with Gasteiger partial charge in [-0.2, -0.15) is 13.2 Å². The van der Waals surface area contributed by atoms with Crippen LogP contribution in [0.3, 0.4) is 0 Å². The number of hydrogen-bond donors (Lipinski definition) is 0. The third kappa shape index (κ3) is 4.06. The van der Waals surface area contributed by atoms with Crippen molar-refractivity contribution in [2.24, 2.45) is 0 Å². The molecule has 1 fully saturated rings. The molecule has 4 nitrogen and oxygen atoms in total. The molecule has 2 aromatic rings. The Hall–Kier alpha value is -1.54. The predicted molar refractivity (Wildman–Crippen MR) is 98.4 cm³/mol. The van der Waals surface area contributed by atoms with Gasteiger partial charge < -0.3 is 9.47 Å². The normalized spacial score (nSPS) is 16.7. The molecule has 1 amide bonds. The molecule has 0 atom stereocenters. The first-order valence-corrected chi connectivity index (χ1v) is 9.33. The van der Waals surface area contributed by atoms with Gasteiger partial charge in [-0.25, -0.2) is 0 Å². The first kappa shape index (κ1) is 19.2. The lowest BCUT2D eigenvalue weighted by molar-refractivity contribution is -0.148. The van der Waals surface area contributed by atoms with Gasteiger partial charge in [0, 0.05) is 48.3 Å². The molecule has 0 saturated carbocycles. The highest BCUT2D eigenvalue weighted by molar-refractivity contribution is 9.10. The fourth-order valence-electron chi connectivity index (χ4n) is 3.35. The Balaban J connectivity index is 1.81. The molecule has 0 aliphatic carbocycles. The van der Waals surface area contributed by atoms with Crippen molar-refractivity contribution in [3.63, 3.8) is 0 Å². The smallest absolute Gasteiger partial charge is 0.344 e. The molecule has 0 N–H and O–H groups in total. The molecule has 3 rings (SSSR count). The minimum atomic E-state index is -4.20. The molecule has 142 valence electrons. The maximum Gasteiger partial charge on any atom is 0.401 e. The standard InChI is InChI=1S/C18H21BrF3N3O/c1-12(2)25-10-15(14-4-3-13(19)9-16(14)25)17(26)24-7-5-23(6-8-24)11-18(20,21)22/h3-4,9-10,12H,5-8,11H2,1-2H3. The molecule has 1 aromatic carbocycles. The third-order valence-electron chi connectivity index (χ3n) is 4.65. The Morgan fingerprint density at radius 2 is 1.85 bits per heavy atom. The lowest BCUT2D eigenvalue weighted by atomic mass is 10.1. The van der Waals surface area contributed by atoms with Crippen molar-refractivity contribution in [2.75, 3.05) is 32.7 Å². The van der Waals surface area contributed by atoms with E-state index in [4.69, 9.17) is 0 Å². The summed E-state index contributed by atoms with van der Waals surface area (Å²) < 4.78 is 40.5. The molecule has 8 heteroatoms. The lowest BCUT2D eigenvalue weighted by Crippen LogP contribution is -2.50. The first-order valence-electron chi connectivity index (χ1n) is 8.54. The number of aromatic nitrogens is 1. The van der Waals surface area contributed by atoms with E-state index in [2.05, 4.69) is 15.9 Å². The van der Waals surface area contributed by atoms with Crippen LogP contribution < -0.4 is 0 Å². The Labute approximate surface area is 158 Å². The van der Waals surface area contributed by atoms with Crippen LogP contribution in [0.5, 0.6) is 0 Å². The number of rotatable bonds is 3. The van der Waals surface area contributed by atoms with Crippen LogP contribution in [-0.4, -0.2) is 59.2 Å². The molecule has 26 heavy (non-hydrogen) atoms. The van der Waals surface area contributed by atoms with Gasteiger partial charge in [0.15, 0.2) is 0 Å². The summed E-state index contributed by atoms with van der Waals surface area (Å²) in [5.74, 6) is -0.122. The largest absolute Gasteiger partial charge is 0.401 e. The van der Waals surface area contributed by atoms with Crippen LogP contribution in [0.2, 0.25) is 0 Å². The third-order valence-corrected chi connectivity index (χ3v) is 5.14. The van der Waals surface area contributed by atoms with Gasteiger partial charge in [-0.15, -0.1) is 0 Å². The minimum Gasteiger partial charge on any atom is -0.344 e. The Morgan fingerprint density at radius 3 is 2.42 bits per heavy atom. The minimum absolute atomic E-state index is 0.122. The number of carbonyl (C=O) groups excluding carboxylic acids is 1. The number of hydrogen-bond acceptors (Lipinski definition) is 2. The van der Waals surface area contributed by atoms with Crippen LogP contribution in [-0.2, 0) is 0 Å². The van der Waals surface area contributed by atoms with Crippen LogP contribution in [0.1, 0.15) is 30.2 Å². The van der Waals surface area contributed by atoms with Crippen molar-refractivity contribution in [1.82, 2.24) is 14.4 Å². The predicted octanol–water partition coefficient (Wildman–Crippen LogP) is 4.30. The number of piperazine rings is 1. The lowest BCUT2D eigenvalue weighted by Gasteiger charge is -2.34. The molecule has 1 saturated heterocycles. The zero-order valence-electron chi connectivity index (χ0n) is 14.7. The Kier molecular flexibility index (Phi) is 5.35. The summed E-state index contributed by atoms with van der Waals surface area (Å²) in [6, 6.07) is 5.97. The van der Waals surface area contributed by atoms with E-state index in [1.54, 1.807) is 4.90 Å². The molecule has 2 heterocycles. The van der Waals surface area contributed by atoms with Crippen LogP contribution in [0.4, 0.5) is 13.2 Å². The molecule has 1 aliphatic heterocycles. The summed E-state index contributed by atoms with van der Waals surface area (Å²) in [6.45, 7) is 4.25. The van der Waals surface area contributed by atoms with Crippen LogP contribution in [0, 0.1) is 0 Å².